The van der Waals surface area contributed by atoms with Crippen LogP contribution in [0.3, 0.4) is 0 Å². The molecule has 0 heterocycles. The number of aliphatic carboxylic acids is 1. The maximum Gasteiger partial charge on any atom is 0.303 e. The number of carboxylic acid groups (broad SMARTS) is 1. The van der Waals surface area contributed by atoms with Crippen LogP contribution in [0, 0.1) is 10.1 Å². The molecule has 0 fully saturated rings. The molecular formula is C7H13NO4. The maximum absolute atomic E-state index is 10.3. The van der Waals surface area contributed by atoms with E-state index in [1.807, 2.05) is 0 Å². The van der Waals surface area contributed by atoms with E-state index in [1.165, 1.54) is 0 Å². The van der Waals surface area contributed by atoms with Gasteiger partial charge in [0.05, 0.1) is 0 Å². The third-order valence-electron chi connectivity index (χ3n) is 1.70. The van der Waals surface area contributed by atoms with Crippen LogP contribution in [-0.2, 0) is 4.79 Å². The molecule has 0 spiro atoms. The van der Waals surface area contributed by atoms with Gasteiger partial charge in [-0.1, -0.05) is 6.92 Å². The lowest BCUT2D eigenvalue weighted by Gasteiger charge is -2.04. The van der Waals surface area contributed by atoms with Gasteiger partial charge in [-0.25, -0.2) is 0 Å². The van der Waals surface area contributed by atoms with Crippen molar-refractivity contribution in [3.05, 3.63) is 10.1 Å². The molecule has 0 saturated heterocycles. The van der Waals surface area contributed by atoms with E-state index in [0.717, 1.165) is 0 Å². The number of carboxylic acids is 1. The summed E-state index contributed by atoms with van der Waals surface area (Å²) in [7, 11) is 0. The molecule has 5 nitrogen and oxygen atoms in total. The summed E-state index contributed by atoms with van der Waals surface area (Å²) in [6, 6.07) is -0.579. The zero-order chi connectivity index (χ0) is 9.56. The van der Waals surface area contributed by atoms with E-state index < -0.39 is 12.0 Å². The molecule has 1 unspecified atom stereocenters. The van der Waals surface area contributed by atoms with E-state index in [-0.39, 0.29) is 11.3 Å². The maximum atomic E-state index is 10.3. The predicted molar refractivity (Wildman–Crippen MR) is 42.6 cm³/mol. The molecule has 5 heteroatoms. The molecule has 70 valence electrons. The Morgan fingerprint density at radius 3 is 2.58 bits per heavy atom. The second kappa shape index (κ2) is 5.51. The van der Waals surface area contributed by atoms with Gasteiger partial charge in [-0.05, 0) is 6.42 Å². The van der Waals surface area contributed by atoms with Crippen molar-refractivity contribution >= 4 is 5.97 Å². The summed E-state index contributed by atoms with van der Waals surface area (Å²) in [4.78, 5) is 20.0. The lowest BCUT2D eigenvalue weighted by Crippen LogP contribution is -2.18. The van der Waals surface area contributed by atoms with Crippen molar-refractivity contribution in [1.82, 2.24) is 0 Å². The van der Waals surface area contributed by atoms with Crippen molar-refractivity contribution in [2.45, 2.75) is 38.6 Å². The van der Waals surface area contributed by atoms with Crippen molar-refractivity contribution in [1.29, 1.82) is 0 Å². The fourth-order valence-corrected chi connectivity index (χ4v) is 0.948. The van der Waals surface area contributed by atoms with Crippen LogP contribution >= 0.6 is 0 Å². The average molecular weight is 175 g/mol. The van der Waals surface area contributed by atoms with Crippen molar-refractivity contribution in [2.24, 2.45) is 0 Å². The first-order chi connectivity index (χ1) is 5.57. The van der Waals surface area contributed by atoms with Gasteiger partial charge in [0.25, 0.3) is 0 Å². The number of rotatable bonds is 6. The van der Waals surface area contributed by atoms with Crippen LogP contribution in [0.25, 0.3) is 0 Å². The summed E-state index contributed by atoms with van der Waals surface area (Å²) in [5, 5.41) is 18.5. The number of nitro groups is 1. The highest BCUT2D eigenvalue weighted by atomic mass is 16.6. The Balaban J connectivity index is 3.59. The van der Waals surface area contributed by atoms with E-state index in [9.17, 15) is 14.9 Å². The van der Waals surface area contributed by atoms with Crippen molar-refractivity contribution in [2.75, 3.05) is 0 Å². The summed E-state index contributed by atoms with van der Waals surface area (Å²) in [5.41, 5.74) is 0. The van der Waals surface area contributed by atoms with E-state index >= 15 is 0 Å². The van der Waals surface area contributed by atoms with Crippen LogP contribution < -0.4 is 0 Å². The first kappa shape index (κ1) is 10.9. The van der Waals surface area contributed by atoms with Gasteiger partial charge in [0.15, 0.2) is 0 Å². The number of nitrogens with zero attached hydrogens (tertiary/aromatic N) is 1. The van der Waals surface area contributed by atoms with Crippen LogP contribution in [0.1, 0.15) is 32.6 Å². The van der Waals surface area contributed by atoms with Crippen LogP contribution in [0.15, 0.2) is 0 Å². The largest absolute Gasteiger partial charge is 0.481 e. The van der Waals surface area contributed by atoms with E-state index in [4.69, 9.17) is 5.11 Å². The topological polar surface area (TPSA) is 80.4 Å². The normalized spacial score (nSPS) is 12.4. The molecule has 12 heavy (non-hydrogen) atoms. The summed E-state index contributed by atoms with van der Waals surface area (Å²) in [6.07, 6.45) is 1.22. The van der Waals surface area contributed by atoms with Crippen LogP contribution in [0.2, 0.25) is 0 Å². The van der Waals surface area contributed by atoms with Gasteiger partial charge in [-0.3, -0.25) is 14.9 Å². The number of hydrogen-bond donors (Lipinski definition) is 1. The van der Waals surface area contributed by atoms with Crippen LogP contribution in [0.4, 0.5) is 0 Å². The standard InChI is InChI=1S/C7H13NO4/c1-2-6(8(11)12)4-3-5-7(9)10/h6H,2-5H2,1H3,(H,9,10). The van der Waals surface area contributed by atoms with E-state index in [1.54, 1.807) is 6.92 Å². The van der Waals surface area contributed by atoms with Gasteiger partial charge in [-0.2, -0.15) is 0 Å². The van der Waals surface area contributed by atoms with Gasteiger partial charge >= 0.3 is 5.97 Å². The fourth-order valence-electron chi connectivity index (χ4n) is 0.948. The van der Waals surface area contributed by atoms with Gasteiger partial charge in [0, 0.05) is 24.2 Å². The van der Waals surface area contributed by atoms with Crippen molar-refractivity contribution < 1.29 is 14.8 Å². The van der Waals surface area contributed by atoms with Crippen LogP contribution in [0.5, 0.6) is 0 Å². The summed E-state index contributed by atoms with van der Waals surface area (Å²) >= 11 is 0. The smallest absolute Gasteiger partial charge is 0.303 e. The minimum Gasteiger partial charge on any atom is -0.481 e. The highest BCUT2D eigenvalue weighted by molar-refractivity contribution is 5.66. The molecule has 0 rings (SSSR count). The number of hydrogen-bond acceptors (Lipinski definition) is 3. The molecule has 0 aliphatic carbocycles. The predicted octanol–water partition coefficient (Wildman–Crippen LogP) is 1.30. The highest BCUT2D eigenvalue weighted by Crippen LogP contribution is 2.07. The molecule has 0 amide bonds. The molecule has 1 N–H and O–H groups in total. The molecule has 1 atom stereocenters. The van der Waals surface area contributed by atoms with Crippen molar-refractivity contribution in [3.63, 3.8) is 0 Å². The minimum absolute atomic E-state index is 0.0182. The van der Waals surface area contributed by atoms with Gasteiger partial charge in [0.2, 0.25) is 6.04 Å². The third kappa shape index (κ3) is 4.65. The molecule has 0 bridgehead atoms. The summed E-state index contributed by atoms with van der Waals surface area (Å²) < 4.78 is 0. The fraction of sp³-hybridized carbons (Fsp3) is 0.857. The van der Waals surface area contributed by atoms with Gasteiger partial charge < -0.3 is 5.11 Å². The zero-order valence-corrected chi connectivity index (χ0v) is 7.02. The van der Waals surface area contributed by atoms with E-state index in [0.29, 0.717) is 19.3 Å². The van der Waals surface area contributed by atoms with Gasteiger partial charge in [0.1, 0.15) is 0 Å². The molecule has 0 aromatic rings. The Hall–Kier alpha value is -1.13. The summed E-state index contributed by atoms with van der Waals surface area (Å²) in [6.45, 7) is 1.73. The Morgan fingerprint density at radius 1 is 1.67 bits per heavy atom. The second-order valence-electron chi connectivity index (χ2n) is 2.63. The molecule has 0 saturated carbocycles. The SMILES string of the molecule is CCC(CCCC(=O)O)[N+](=O)[O-]. The quantitative estimate of drug-likeness (QED) is 0.487. The monoisotopic (exact) mass is 175 g/mol. The Morgan fingerprint density at radius 2 is 2.25 bits per heavy atom. The highest BCUT2D eigenvalue weighted by Gasteiger charge is 2.16. The Bertz CT molecular complexity index is 169. The summed E-state index contributed by atoms with van der Waals surface area (Å²) in [5.74, 6) is -0.895. The van der Waals surface area contributed by atoms with Gasteiger partial charge in [-0.15, -0.1) is 0 Å². The minimum atomic E-state index is -0.895. The average Bonchev–Trinajstić information content (AvgIpc) is 1.96. The first-order valence-corrected chi connectivity index (χ1v) is 3.93. The van der Waals surface area contributed by atoms with Crippen molar-refractivity contribution in [3.8, 4) is 0 Å². The Labute approximate surface area is 70.5 Å². The molecule has 0 radical (unpaired) electrons. The van der Waals surface area contributed by atoms with E-state index in [2.05, 4.69) is 0 Å². The zero-order valence-electron chi connectivity index (χ0n) is 7.02. The molecule has 0 aliphatic rings. The molecule has 0 aliphatic heterocycles. The first-order valence-electron chi connectivity index (χ1n) is 3.93. The third-order valence-corrected chi connectivity index (χ3v) is 1.70. The Kier molecular flexibility index (Phi) is 4.99. The second-order valence-corrected chi connectivity index (χ2v) is 2.63. The lowest BCUT2D eigenvalue weighted by atomic mass is 10.1. The molecule has 0 aromatic carbocycles. The number of carbonyl (C=O) groups is 1. The van der Waals surface area contributed by atoms with Crippen LogP contribution in [-0.4, -0.2) is 22.0 Å². The lowest BCUT2D eigenvalue weighted by molar-refractivity contribution is -0.523. The molecule has 0 aromatic heterocycles. The molecular weight excluding hydrogens is 162 g/mol.